The highest BCUT2D eigenvalue weighted by Gasteiger charge is 2.21. The molecule has 3 heterocycles. The first kappa shape index (κ1) is 15.0. The van der Waals surface area contributed by atoms with Crippen molar-refractivity contribution in [3.8, 4) is 0 Å². The van der Waals surface area contributed by atoms with Gasteiger partial charge in [0.15, 0.2) is 0 Å². The van der Waals surface area contributed by atoms with Gasteiger partial charge in [0.25, 0.3) is 0 Å². The van der Waals surface area contributed by atoms with Crippen LogP contribution in [-0.2, 0) is 17.8 Å². The van der Waals surface area contributed by atoms with Crippen molar-refractivity contribution in [3.05, 3.63) is 35.3 Å². The van der Waals surface area contributed by atoms with E-state index in [4.69, 9.17) is 5.11 Å². The SMILES string of the molecule is Cc1cccc2nc(CC(=O)O)c(CN3CCC(C)CC3)n12. The van der Waals surface area contributed by atoms with Crippen LogP contribution in [0.4, 0.5) is 0 Å². The Kier molecular flexibility index (Phi) is 4.16. The summed E-state index contributed by atoms with van der Waals surface area (Å²) in [5.74, 6) is -0.0340. The number of fused-ring (bicyclic) bond motifs is 1. The average molecular weight is 301 g/mol. The molecule has 0 amide bonds. The van der Waals surface area contributed by atoms with Gasteiger partial charge in [-0.15, -0.1) is 0 Å². The lowest BCUT2D eigenvalue weighted by Gasteiger charge is -2.30. The summed E-state index contributed by atoms with van der Waals surface area (Å²) in [6.07, 6.45) is 2.41. The molecule has 1 N–H and O–H groups in total. The number of carbonyl (C=O) groups is 1. The Bertz CT molecular complexity index is 685. The molecule has 118 valence electrons. The van der Waals surface area contributed by atoms with E-state index in [-0.39, 0.29) is 6.42 Å². The number of rotatable bonds is 4. The Morgan fingerprint density at radius 1 is 1.36 bits per heavy atom. The molecular formula is C17H23N3O2. The normalized spacial score (nSPS) is 17.2. The summed E-state index contributed by atoms with van der Waals surface area (Å²) in [6.45, 7) is 7.27. The van der Waals surface area contributed by atoms with Crippen molar-refractivity contribution in [2.24, 2.45) is 5.92 Å². The third kappa shape index (κ3) is 2.99. The molecule has 5 nitrogen and oxygen atoms in total. The summed E-state index contributed by atoms with van der Waals surface area (Å²) in [5, 5.41) is 9.16. The maximum Gasteiger partial charge on any atom is 0.309 e. The van der Waals surface area contributed by atoms with E-state index in [2.05, 4.69) is 21.2 Å². The molecule has 22 heavy (non-hydrogen) atoms. The molecule has 0 spiro atoms. The molecule has 5 heteroatoms. The van der Waals surface area contributed by atoms with E-state index in [1.165, 1.54) is 12.8 Å². The lowest BCUT2D eigenvalue weighted by Crippen LogP contribution is -2.33. The maximum absolute atomic E-state index is 11.2. The largest absolute Gasteiger partial charge is 0.481 e. The Morgan fingerprint density at radius 3 is 2.77 bits per heavy atom. The van der Waals surface area contributed by atoms with Gasteiger partial charge < -0.3 is 5.11 Å². The standard InChI is InChI=1S/C17H23N3O2/c1-12-6-8-19(9-7-12)11-15-14(10-17(21)22)18-16-5-3-4-13(2)20(15)16/h3-5,12H,6-11H2,1-2H3,(H,21,22). The highest BCUT2D eigenvalue weighted by molar-refractivity contribution is 5.70. The van der Waals surface area contributed by atoms with Crippen molar-refractivity contribution in [1.82, 2.24) is 14.3 Å². The number of carboxylic acids is 1. The molecule has 1 aliphatic heterocycles. The maximum atomic E-state index is 11.2. The second kappa shape index (κ2) is 6.08. The van der Waals surface area contributed by atoms with Crippen molar-refractivity contribution in [1.29, 1.82) is 0 Å². The monoisotopic (exact) mass is 301 g/mol. The van der Waals surface area contributed by atoms with Crippen LogP contribution in [0, 0.1) is 12.8 Å². The number of aliphatic carboxylic acids is 1. The van der Waals surface area contributed by atoms with Gasteiger partial charge in [-0.25, -0.2) is 4.98 Å². The van der Waals surface area contributed by atoms with E-state index in [1.807, 2.05) is 25.1 Å². The number of nitrogens with zero attached hydrogens (tertiary/aromatic N) is 3. The quantitative estimate of drug-likeness (QED) is 0.942. The zero-order valence-electron chi connectivity index (χ0n) is 13.2. The second-order valence-electron chi connectivity index (χ2n) is 6.40. The first-order chi connectivity index (χ1) is 10.5. The highest BCUT2D eigenvalue weighted by Crippen LogP contribution is 2.22. The first-order valence-electron chi connectivity index (χ1n) is 7.94. The Labute approximate surface area is 130 Å². The fraction of sp³-hybridized carbons (Fsp3) is 0.529. The van der Waals surface area contributed by atoms with Crippen LogP contribution in [-0.4, -0.2) is 38.4 Å². The van der Waals surface area contributed by atoms with E-state index in [0.717, 1.165) is 42.6 Å². The van der Waals surface area contributed by atoms with Gasteiger partial charge in [0, 0.05) is 12.2 Å². The lowest BCUT2D eigenvalue weighted by molar-refractivity contribution is -0.136. The Morgan fingerprint density at radius 2 is 2.09 bits per heavy atom. The minimum atomic E-state index is -0.824. The summed E-state index contributed by atoms with van der Waals surface area (Å²) in [6, 6.07) is 5.95. The third-order valence-corrected chi connectivity index (χ3v) is 4.59. The molecule has 2 aromatic rings. The van der Waals surface area contributed by atoms with Gasteiger partial charge in [0.2, 0.25) is 0 Å². The van der Waals surface area contributed by atoms with Crippen LogP contribution >= 0.6 is 0 Å². The summed E-state index contributed by atoms with van der Waals surface area (Å²) >= 11 is 0. The Hall–Kier alpha value is -1.88. The van der Waals surface area contributed by atoms with E-state index in [9.17, 15) is 4.79 Å². The van der Waals surface area contributed by atoms with Gasteiger partial charge in [0.05, 0.1) is 17.8 Å². The molecule has 3 rings (SSSR count). The van der Waals surface area contributed by atoms with Crippen LogP contribution in [0.25, 0.3) is 5.65 Å². The van der Waals surface area contributed by atoms with E-state index in [1.54, 1.807) is 0 Å². The molecule has 1 fully saturated rings. The predicted octanol–water partition coefficient (Wildman–Crippen LogP) is 2.50. The topological polar surface area (TPSA) is 57.8 Å². The smallest absolute Gasteiger partial charge is 0.309 e. The molecule has 1 aliphatic rings. The van der Waals surface area contributed by atoms with Gasteiger partial charge in [0.1, 0.15) is 5.65 Å². The number of carboxylic acid groups (broad SMARTS) is 1. The van der Waals surface area contributed by atoms with Crippen molar-refractivity contribution >= 4 is 11.6 Å². The fourth-order valence-corrected chi connectivity index (χ4v) is 3.25. The van der Waals surface area contributed by atoms with Crippen LogP contribution in [0.5, 0.6) is 0 Å². The molecule has 1 saturated heterocycles. The molecule has 0 saturated carbocycles. The number of aryl methyl sites for hydroxylation is 1. The number of aromatic nitrogens is 2. The van der Waals surface area contributed by atoms with Crippen LogP contribution < -0.4 is 0 Å². The molecule has 0 aliphatic carbocycles. The molecule has 0 bridgehead atoms. The lowest BCUT2D eigenvalue weighted by atomic mass is 9.99. The van der Waals surface area contributed by atoms with Gasteiger partial charge in [-0.2, -0.15) is 0 Å². The van der Waals surface area contributed by atoms with Crippen molar-refractivity contribution in [3.63, 3.8) is 0 Å². The van der Waals surface area contributed by atoms with Gasteiger partial charge in [-0.05, 0) is 50.9 Å². The predicted molar refractivity (Wildman–Crippen MR) is 84.9 cm³/mol. The van der Waals surface area contributed by atoms with Crippen molar-refractivity contribution in [2.75, 3.05) is 13.1 Å². The second-order valence-corrected chi connectivity index (χ2v) is 6.40. The number of likely N-dealkylation sites (tertiary alicyclic amines) is 1. The number of piperidine rings is 1. The highest BCUT2D eigenvalue weighted by atomic mass is 16.4. The zero-order valence-corrected chi connectivity index (χ0v) is 13.2. The summed E-state index contributed by atoms with van der Waals surface area (Å²) in [5.41, 5.74) is 3.67. The summed E-state index contributed by atoms with van der Waals surface area (Å²) < 4.78 is 2.11. The van der Waals surface area contributed by atoms with Gasteiger partial charge in [-0.3, -0.25) is 14.1 Å². The zero-order chi connectivity index (χ0) is 15.7. The average Bonchev–Trinajstić information content (AvgIpc) is 2.80. The van der Waals surface area contributed by atoms with Gasteiger partial charge >= 0.3 is 5.97 Å². The van der Waals surface area contributed by atoms with Gasteiger partial charge in [-0.1, -0.05) is 13.0 Å². The fourth-order valence-electron chi connectivity index (χ4n) is 3.25. The first-order valence-corrected chi connectivity index (χ1v) is 7.94. The molecular weight excluding hydrogens is 278 g/mol. The minimum absolute atomic E-state index is 0.0132. The number of hydrogen-bond donors (Lipinski definition) is 1. The number of imidazole rings is 1. The Balaban J connectivity index is 1.96. The van der Waals surface area contributed by atoms with Crippen molar-refractivity contribution in [2.45, 2.75) is 39.7 Å². The molecule has 2 aromatic heterocycles. The molecule has 0 unspecified atom stereocenters. The van der Waals surface area contributed by atoms with E-state index in [0.29, 0.717) is 5.69 Å². The van der Waals surface area contributed by atoms with Crippen molar-refractivity contribution < 1.29 is 9.90 Å². The number of pyridine rings is 1. The van der Waals surface area contributed by atoms with E-state index >= 15 is 0 Å². The molecule has 0 aromatic carbocycles. The molecule has 0 radical (unpaired) electrons. The summed E-state index contributed by atoms with van der Waals surface area (Å²) in [4.78, 5) is 18.1. The van der Waals surface area contributed by atoms with E-state index < -0.39 is 5.97 Å². The van der Waals surface area contributed by atoms with Crippen LogP contribution in [0.1, 0.15) is 36.8 Å². The van der Waals surface area contributed by atoms with Crippen LogP contribution in [0.15, 0.2) is 18.2 Å². The summed E-state index contributed by atoms with van der Waals surface area (Å²) in [7, 11) is 0. The number of hydrogen-bond acceptors (Lipinski definition) is 3. The minimum Gasteiger partial charge on any atom is -0.481 e. The van der Waals surface area contributed by atoms with Crippen LogP contribution in [0.2, 0.25) is 0 Å². The third-order valence-electron chi connectivity index (χ3n) is 4.59. The van der Waals surface area contributed by atoms with Crippen LogP contribution in [0.3, 0.4) is 0 Å². The molecule has 0 atom stereocenters.